The van der Waals surface area contributed by atoms with Crippen molar-refractivity contribution in [3.63, 3.8) is 0 Å². The average molecular weight is 739 g/mol. The summed E-state index contributed by atoms with van der Waals surface area (Å²) in [4.78, 5) is 32.6. The Morgan fingerprint density at radius 3 is 2.41 bits per heavy atom. The van der Waals surface area contributed by atoms with Crippen LogP contribution < -0.4 is 15.4 Å². The van der Waals surface area contributed by atoms with E-state index in [0.29, 0.717) is 19.4 Å². The lowest BCUT2D eigenvalue weighted by atomic mass is 10.0. The normalized spacial score (nSPS) is 20.2. The fourth-order valence-electron chi connectivity index (χ4n) is 5.53. The van der Waals surface area contributed by atoms with Gasteiger partial charge in [-0.3, -0.25) is 4.79 Å². The fourth-order valence-corrected chi connectivity index (χ4v) is 6.67. The van der Waals surface area contributed by atoms with E-state index in [9.17, 15) is 36.3 Å². The molecule has 3 N–H and O–H groups in total. The number of urea groups is 1. The van der Waals surface area contributed by atoms with Gasteiger partial charge in [-0.2, -0.15) is 17.5 Å². The topological polar surface area (TPSA) is 155 Å². The van der Waals surface area contributed by atoms with E-state index >= 15 is 0 Å². The smallest absolute Gasteiger partial charge is 0.416 e. The van der Waals surface area contributed by atoms with Crippen LogP contribution in [0.2, 0.25) is 0 Å². The molecule has 4 atom stereocenters. The molecule has 2 aromatic carbocycles. The first-order chi connectivity index (χ1) is 24.0. The minimum atomic E-state index is -4.52. The van der Waals surface area contributed by atoms with Crippen molar-refractivity contribution >= 4 is 33.3 Å². The Kier molecular flexibility index (Phi) is 13.1. The molecule has 0 bridgehead atoms. The van der Waals surface area contributed by atoms with Gasteiger partial charge in [-0.1, -0.05) is 6.92 Å². The van der Waals surface area contributed by atoms with Gasteiger partial charge in [0.2, 0.25) is 0 Å². The van der Waals surface area contributed by atoms with Gasteiger partial charge in [0.05, 0.1) is 42.3 Å². The van der Waals surface area contributed by atoms with Gasteiger partial charge in [-0.05, 0) is 75.6 Å². The van der Waals surface area contributed by atoms with E-state index in [1.165, 1.54) is 39.4 Å². The molecule has 0 aliphatic carbocycles. The maximum atomic E-state index is 14.3. The van der Waals surface area contributed by atoms with Crippen molar-refractivity contribution in [2.75, 3.05) is 44.0 Å². The van der Waals surface area contributed by atoms with E-state index in [1.54, 1.807) is 26.1 Å². The van der Waals surface area contributed by atoms with Gasteiger partial charge in [-0.25, -0.2) is 18.2 Å². The number of ether oxygens (including phenoxy) is 2. The Morgan fingerprint density at radius 2 is 1.78 bits per heavy atom. The van der Waals surface area contributed by atoms with Gasteiger partial charge in [0.1, 0.15) is 5.75 Å². The van der Waals surface area contributed by atoms with Crippen molar-refractivity contribution < 1.29 is 45.8 Å². The molecule has 1 aliphatic rings. The standard InChI is InChI=1S/C34H45F3N6O7S/c1-22-17-43(23(2)20-44)32(45)28-16-27(40-33(46)39-26-11-9-25(10-12-26)34(35,36)37)13-14-29(28)50-24(3)8-6-7-15-49-30(22)18-42(5)51(47,48)31-19-41(4)21-38-31/h9-14,16,19,21-24,30,44H,6-8,15,17-18,20H2,1-5H3,(H2,39,40,46)/t22-,23+,24-,30-/m0/s1. The summed E-state index contributed by atoms with van der Waals surface area (Å²) < 4.78 is 80.6. The Hall–Kier alpha value is -4.19. The van der Waals surface area contributed by atoms with Gasteiger partial charge in [0.15, 0.2) is 5.03 Å². The summed E-state index contributed by atoms with van der Waals surface area (Å²) in [6.45, 7) is 5.40. The quantitative estimate of drug-likeness (QED) is 0.285. The zero-order valence-corrected chi connectivity index (χ0v) is 30.0. The molecule has 0 saturated carbocycles. The van der Waals surface area contributed by atoms with Crippen molar-refractivity contribution in [3.05, 3.63) is 66.1 Å². The van der Waals surface area contributed by atoms with Gasteiger partial charge < -0.3 is 34.7 Å². The molecule has 0 unspecified atom stereocenters. The number of aliphatic hydroxyl groups excluding tert-OH is 1. The van der Waals surface area contributed by atoms with Gasteiger partial charge in [0, 0.05) is 57.3 Å². The third-order valence-corrected chi connectivity index (χ3v) is 10.3. The number of nitrogens with zero attached hydrogens (tertiary/aromatic N) is 4. The molecule has 4 rings (SSSR count). The van der Waals surface area contributed by atoms with Crippen molar-refractivity contribution in [2.45, 2.75) is 69.5 Å². The number of benzene rings is 2. The van der Waals surface area contributed by atoms with E-state index in [2.05, 4.69) is 15.6 Å². The summed E-state index contributed by atoms with van der Waals surface area (Å²) >= 11 is 0. The van der Waals surface area contributed by atoms with E-state index in [-0.39, 0.29) is 53.5 Å². The summed E-state index contributed by atoms with van der Waals surface area (Å²) in [7, 11) is -0.820. The Balaban J connectivity index is 1.60. The summed E-state index contributed by atoms with van der Waals surface area (Å²) in [5, 5.41) is 15.2. The van der Waals surface area contributed by atoms with Crippen LogP contribution in [0.1, 0.15) is 56.0 Å². The van der Waals surface area contributed by atoms with Crippen LogP contribution in [0.4, 0.5) is 29.3 Å². The molecule has 13 nitrogen and oxygen atoms in total. The number of sulfonamides is 1. The molecule has 0 fully saturated rings. The molecule has 3 aromatic rings. The van der Waals surface area contributed by atoms with Crippen molar-refractivity contribution in [3.8, 4) is 5.75 Å². The van der Waals surface area contributed by atoms with Crippen LogP contribution in [0.5, 0.6) is 5.75 Å². The number of hydrogen-bond donors (Lipinski definition) is 3. The van der Waals surface area contributed by atoms with Crippen molar-refractivity contribution in [2.24, 2.45) is 13.0 Å². The van der Waals surface area contributed by atoms with Crippen LogP contribution in [0.25, 0.3) is 0 Å². The predicted molar refractivity (Wildman–Crippen MR) is 184 cm³/mol. The number of likely N-dealkylation sites (N-methyl/N-ethyl adjacent to an activating group) is 1. The lowest BCUT2D eigenvalue weighted by Gasteiger charge is -2.35. The highest BCUT2D eigenvalue weighted by Crippen LogP contribution is 2.31. The number of carbonyl (C=O) groups is 2. The van der Waals surface area contributed by atoms with Crippen molar-refractivity contribution in [1.82, 2.24) is 18.8 Å². The molecule has 3 amide bonds. The average Bonchev–Trinajstić information content (AvgIpc) is 3.52. The number of halogens is 3. The fraction of sp³-hybridized carbons (Fsp3) is 0.500. The van der Waals surface area contributed by atoms with E-state index in [1.807, 2.05) is 13.8 Å². The molecule has 51 heavy (non-hydrogen) atoms. The third kappa shape index (κ3) is 10.4. The number of rotatable bonds is 8. The molecule has 1 aromatic heterocycles. The molecule has 17 heteroatoms. The van der Waals surface area contributed by atoms with Crippen LogP contribution in [0, 0.1) is 5.92 Å². The first-order valence-electron chi connectivity index (χ1n) is 16.5. The summed E-state index contributed by atoms with van der Waals surface area (Å²) in [5.74, 6) is -0.663. The minimum absolute atomic E-state index is 0.0200. The molecule has 0 radical (unpaired) electrons. The molecule has 280 valence electrons. The van der Waals surface area contributed by atoms with Gasteiger partial charge >= 0.3 is 12.2 Å². The largest absolute Gasteiger partial charge is 0.490 e. The van der Waals surface area contributed by atoms with E-state index < -0.39 is 51.8 Å². The van der Waals surface area contributed by atoms with Crippen LogP contribution in [-0.2, 0) is 28.0 Å². The zero-order valence-electron chi connectivity index (χ0n) is 29.2. The molecule has 1 aliphatic heterocycles. The first kappa shape index (κ1) is 39.6. The number of aromatic nitrogens is 2. The van der Waals surface area contributed by atoms with E-state index in [4.69, 9.17) is 9.47 Å². The number of fused-ring (bicyclic) bond motifs is 1. The number of aliphatic hydroxyl groups is 1. The highest BCUT2D eigenvalue weighted by atomic mass is 32.2. The van der Waals surface area contributed by atoms with Crippen LogP contribution in [-0.4, -0.2) is 95.8 Å². The second kappa shape index (κ2) is 16.9. The Morgan fingerprint density at radius 1 is 1.12 bits per heavy atom. The van der Waals surface area contributed by atoms with E-state index in [0.717, 1.165) is 30.7 Å². The monoisotopic (exact) mass is 738 g/mol. The van der Waals surface area contributed by atoms with Crippen molar-refractivity contribution in [1.29, 1.82) is 0 Å². The van der Waals surface area contributed by atoms with Gasteiger partial charge in [0.25, 0.3) is 15.9 Å². The zero-order chi connectivity index (χ0) is 37.5. The second-order valence-corrected chi connectivity index (χ2v) is 14.8. The molecular weight excluding hydrogens is 693 g/mol. The number of carbonyl (C=O) groups excluding carboxylic acids is 2. The second-order valence-electron chi connectivity index (χ2n) is 12.8. The molecule has 0 spiro atoms. The number of alkyl halides is 3. The maximum Gasteiger partial charge on any atom is 0.416 e. The first-order valence-corrected chi connectivity index (χ1v) is 18.0. The number of anilines is 2. The van der Waals surface area contributed by atoms with Gasteiger partial charge in [-0.15, -0.1) is 0 Å². The Bertz CT molecular complexity index is 1750. The SMILES string of the molecule is C[C@H](CO)N1C[C@H](C)[C@H](CN(C)S(=O)(=O)c2cn(C)cn2)OCCCC[C@H](C)Oc2ccc(NC(=O)Nc3ccc(C(F)(F)F)cc3)cc2C1=O. The number of imidazole rings is 1. The number of hydrogen-bond acceptors (Lipinski definition) is 8. The predicted octanol–water partition coefficient (Wildman–Crippen LogP) is 5.20. The number of nitrogens with one attached hydrogen (secondary N) is 2. The van der Waals surface area contributed by atoms with Crippen LogP contribution in [0.3, 0.4) is 0 Å². The lowest BCUT2D eigenvalue weighted by Crippen LogP contribution is -2.48. The minimum Gasteiger partial charge on any atom is -0.490 e. The number of amides is 3. The summed E-state index contributed by atoms with van der Waals surface area (Å²) in [5.41, 5.74) is -0.427. The highest BCUT2D eigenvalue weighted by Gasteiger charge is 2.33. The van der Waals surface area contributed by atoms with Crippen LogP contribution in [0.15, 0.2) is 60.0 Å². The summed E-state index contributed by atoms with van der Waals surface area (Å²) in [6.07, 6.45) is -0.630. The molecular formula is C34H45F3N6O7S. The van der Waals surface area contributed by atoms with Crippen LogP contribution >= 0.6 is 0 Å². The summed E-state index contributed by atoms with van der Waals surface area (Å²) in [6, 6.07) is 7.06. The highest BCUT2D eigenvalue weighted by molar-refractivity contribution is 7.89. The Labute approximate surface area is 295 Å². The number of aryl methyl sites for hydroxylation is 1. The maximum absolute atomic E-state index is 14.3. The third-order valence-electron chi connectivity index (χ3n) is 8.57. The lowest BCUT2D eigenvalue weighted by molar-refractivity contribution is -0.137. The molecule has 2 heterocycles. The molecule has 0 saturated heterocycles.